The molecule has 1 fully saturated rings. The number of ether oxygens (including phenoxy) is 1. The topological polar surface area (TPSA) is 36.0 Å². The molecule has 2 aliphatic heterocycles. The molecule has 0 saturated carbocycles. The van der Waals surface area contributed by atoms with Crippen molar-refractivity contribution in [3.8, 4) is 0 Å². The Kier molecular flexibility index (Phi) is 6.84. The minimum atomic E-state index is 0.0795. The van der Waals surface area contributed by atoms with Gasteiger partial charge in [-0.2, -0.15) is 0 Å². The summed E-state index contributed by atoms with van der Waals surface area (Å²) >= 11 is 12.4. The zero-order valence-corrected chi connectivity index (χ0v) is 18.8. The van der Waals surface area contributed by atoms with Gasteiger partial charge in [-0.1, -0.05) is 29.3 Å². The van der Waals surface area contributed by atoms with Crippen LogP contribution in [0.1, 0.15) is 21.5 Å². The monoisotopic (exact) mass is 447 g/mol. The van der Waals surface area contributed by atoms with Crippen LogP contribution < -0.4 is 4.90 Å². The lowest BCUT2D eigenvalue weighted by molar-refractivity contribution is 0.0775. The van der Waals surface area contributed by atoms with Crippen molar-refractivity contribution in [3.63, 3.8) is 0 Å². The van der Waals surface area contributed by atoms with Crippen LogP contribution in [0.25, 0.3) is 0 Å². The maximum atomic E-state index is 12.8. The number of fused-ring (bicyclic) bond motifs is 1. The van der Waals surface area contributed by atoms with E-state index >= 15 is 0 Å². The summed E-state index contributed by atoms with van der Waals surface area (Å²) in [6.07, 6.45) is 0.877. The zero-order valence-electron chi connectivity index (χ0n) is 17.2. The van der Waals surface area contributed by atoms with E-state index in [0.29, 0.717) is 23.2 Å². The van der Waals surface area contributed by atoms with Crippen LogP contribution in [0.3, 0.4) is 0 Å². The number of hydrogen-bond acceptors (Lipinski definition) is 4. The van der Waals surface area contributed by atoms with Gasteiger partial charge < -0.3 is 14.5 Å². The van der Waals surface area contributed by atoms with Gasteiger partial charge in [-0.3, -0.25) is 9.69 Å². The number of piperazine rings is 1. The molecule has 2 aliphatic rings. The van der Waals surface area contributed by atoms with Crippen molar-refractivity contribution in [1.29, 1.82) is 0 Å². The second kappa shape index (κ2) is 9.56. The van der Waals surface area contributed by atoms with Crippen molar-refractivity contribution in [3.05, 3.63) is 63.1 Å². The standard InChI is InChI=1S/C23H27Cl2N3O2/c1-26(23(29)18-2-3-19-16-30-13-6-17(19)14-18)7-8-27-9-11-28(12-10-27)22-5-4-20(24)15-21(22)25/h2-5,14-15H,6-13,16H2,1H3. The summed E-state index contributed by atoms with van der Waals surface area (Å²) < 4.78 is 5.48. The molecule has 4 rings (SSSR count). The number of likely N-dealkylation sites (N-methyl/N-ethyl adjacent to an activating group) is 1. The van der Waals surface area contributed by atoms with Gasteiger partial charge in [-0.25, -0.2) is 0 Å². The van der Waals surface area contributed by atoms with Gasteiger partial charge in [0.05, 0.1) is 23.9 Å². The van der Waals surface area contributed by atoms with Gasteiger partial charge in [0, 0.05) is 56.9 Å². The quantitative estimate of drug-likeness (QED) is 0.694. The molecule has 1 amide bonds. The molecule has 5 nitrogen and oxygen atoms in total. The summed E-state index contributed by atoms with van der Waals surface area (Å²) in [5.41, 5.74) is 4.22. The molecule has 160 valence electrons. The number of amides is 1. The molecule has 0 aliphatic carbocycles. The molecule has 0 spiro atoms. The Hall–Kier alpha value is -1.79. The van der Waals surface area contributed by atoms with Gasteiger partial charge in [0.2, 0.25) is 0 Å². The highest BCUT2D eigenvalue weighted by molar-refractivity contribution is 6.36. The molecular weight excluding hydrogens is 421 g/mol. The fraction of sp³-hybridized carbons (Fsp3) is 0.435. The highest BCUT2D eigenvalue weighted by atomic mass is 35.5. The van der Waals surface area contributed by atoms with Crippen molar-refractivity contribution in [1.82, 2.24) is 9.80 Å². The molecule has 0 atom stereocenters. The SMILES string of the molecule is CN(CCN1CCN(c2ccc(Cl)cc2Cl)CC1)C(=O)c1ccc2c(c1)CCOC2. The summed E-state index contributed by atoms with van der Waals surface area (Å²) in [6, 6.07) is 11.6. The molecule has 0 bridgehead atoms. The molecule has 1 saturated heterocycles. The van der Waals surface area contributed by atoms with Crippen LogP contribution in [-0.2, 0) is 17.8 Å². The van der Waals surface area contributed by atoms with Gasteiger partial charge >= 0.3 is 0 Å². The fourth-order valence-corrected chi connectivity index (χ4v) is 4.59. The summed E-state index contributed by atoms with van der Waals surface area (Å²) in [4.78, 5) is 19.4. The minimum absolute atomic E-state index is 0.0795. The molecule has 2 heterocycles. The Morgan fingerprint density at radius 2 is 1.87 bits per heavy atom. The molecule has 0 unspecified atom stereocenters. The van der Waals surface area contributed by atoms with E-state index < -0.39 is 0 Å². The summed E-state index contributed by atoms with van der Waals surface area (Å²) in [6.45, 7) is 6.65. The number of rotatable bonds is 5. The van der Waals surface area contributed by atoms with Crippen LogP contribution in [0.2, 0.25) is 10.0 Å². The van der Waals surface area contributed by atoms with Crippen molar-refractivity contribution < 1.29 is 9.53 Å². The number of carbonyl (C=O) groups is 1. The zero-order chi connectivity index (χ0) is 21.1. The largest absolute Gasteiger partial charge is 0.376 e. The van der Waals surface area contributed by atoms with E-state index in [0.717, 1.165) is 57.0 Å². The van der Waals surface area contributed by atoms with Crippen LogP contribution in [0.15, 0.2) is 36.4 Å². The number of carbonyl (C=O) groups excluding carboxylic acids is 1. The van der Waals surface area contributed by atoms with Crippen LogP contribution >= 0.6 is 23.2 Å². The fourth-order valence-electron chi connectivity index (χ4n) is 4.06. The van der Waals surface area contributed by atoms with E-state index in [9.17, 15) is 4.79 Å². The van der Waals surface area contributed by atoms with Crippen LogP contribution in [0, 0.1) is 0 Å². The lowest BCUT2D eigenvalue weighted by atomic mass is 10.00. The second-order valence-electron chi connectivity index (χ2n) is 7.94. The third kappa shape index (κ3) is 4.92. The van der Waals surface area contributed by atoms with Crippen molar-refractivity contribution in [2.75, 3.05) is 57.8 Å². The smallest absolute Gasteiger partial charge is 0.253 e. The lowest BCUT2D eigenvalue weighted by Gasteiger charge is -2.37. The lowest BCUT2D eigenvalue weighted by Crippen LogP contribution is -2.48. The molecule has 30 heavy (non-hydrogen) atoms. The Labute approximate surface area is 188 Å². The summed E-state index contributed by atoms with van der Waals surface area (Å²) in [5.74, 6) is 0.0795. The first kappa shape index (κ1) is 21.4. The first-order valence-electron chi connectivity index (χ1n) is 10.4. The van der Waals surface area contributed by atoms with E-state index in [4.69, 9.17) is 27.9 Å². The van der Waals surface area contributed by atoms with Crippen molar-refractivity contribution in [2.24, 2.45) is 0 Å². The molecule has 2 aromatic carbocycles. The normalized spacial score (nSPS) is 17.0. The van der Waals surface area contributed by atoms with Gasteiger partial charge in [0.25, 0.3) is 5.91 Å². The number of benzene rings is 2. The van der Waals surface area contributed by atoms with E-state index in [1.807, 2.05) is 42.3 Å². The Morgan fingerprint density at radius 3 is 2.63 bits per heavy atom. The Bertz CT molecular complexity index is 913. The molecule has 7 heteroatoms. The molecule has 0 radical (unpaired) electrons. The summed E-state index contributed by atoms with van der Waals surface area (Å²) in [7, 11) is 1.88. The highest BCUT2D eigenvalue weighted by Crippen LogP contribution is 2.29. The Balaban J connectivity index is 1.27. The average Bonchev–Trinajstić information content (AvgIpc) is 2.77. The maximum absolute atomic E-state index is 12.8. The molecule has 2 aromatic rings. The minimum Gasteiger partial charge on any atom is -0.376 e. The maximum Gasteiger partial charge on any atom is 0.253 e. The van der Waals surface area contributed by atoms with Gasteiger partial charge in [-0.15, -0.1) is 0 Å². The molecular formula is C23H27Cl2N3O2. The molecule has 0 aromatic heterocycles. The first-order valence-corrected chi connectivity index (χ1v) is 11.1. The Morgan fingerprint density at radius 1 is 1.07 bits per heavy atom. The number of halogens is 2. The van der Waals surface area contributed by atoms with Crippen molar-refractivity contribution in [2.45, 2.75) is 13.0 Å². The van der Waals surface area contributed by atoms with Crippen LogP contribution in [0.5, 0.6) is 0 Å². The molecule has 0 N–H and O–H groups in total. The third-order valence-electron chi connectivity index (χ3n) is 5.95. The van der Waals surface area contributed by atoms with E-state index in [1.165, 1.54) is 11.1 Å². The van der Waals surface area contributed by atoms with Gasteiger partial charge in [0.15, 0.2) is 0 Å². The van der Waals surface area contributed by atoms with Gasteiger partial charge in [0.1, 0.15) is 0 Å². The van der Waals surface area contributed by atoms with Crippen molar-refractivity contribution >= 4 is 34.8 Å². The number of anilines is 1. The second-order valence-corrected chi connectivity index (χ2v) is 8.78. The number of nitrogens with zero attached hydrogens (tertiary/aromatic N) is 3. The van der Waals surface area contributed by atoms with Crippen LogP contribution in [0.4, 0.5) is 5.69 Å². The average molecular weight is 448 g/mol. The van der Waals surface area contributed by atoms with E-state index in [2.05, 4.69) is 9.80 Å². The summed E-state index contributed by atoms with van der Waals surface area (Å²) in [5, 5.41) is 1.35. The highest BCUT2D eigenvalue weighted by Gasteiger charge is 2.21. The predicted octanol–water partition coefficient (Wildman–Crippen LogP) is 3.96. The first-order chi connectivity index (χ1) is 14.5. The van der Waals surface area contributed by atoms with Crippen LogP contribution in [-0.4, -0.2) is 68.6 Å². The predicted molar refractivity (Wildman–Crippen MR) is 122 cm³/mol. The third-order valence-corrected chi connectivity index (χ3v) is 6.49. The van der Waals surface area contributed by atoms with E-state index in [-0.39, 0.29) is 5.91 Å². The number of hydrogen-bond donors (Lipinski definition) is 0. The van der Waals surface area contributed by atoms with Gasteiger partial charge in [-0.05, 0) is 47.9 Å². The van der Waals surface area contributed by atoms with E-state index in [1.54, 1.807) is 6.07 Å².